The first-order chi connectivity index (χ1) is 9.30. The average molecular weight is 297 g/mol. The van der Waals surface area contributed by atoms with Crippen LogP contribution in [0.4, 0.5) is 5.69 Å². The number of nitrogens with zero attached hydrogens (tertiary/aromatic N) is 2. The standard InChI is InChI=1S/C12H12BrN3O/c1-15-6-8-10(16(2)14-12(8)17)7-4-3-5-9(13)11(7)15/h3-5H,6H2,1-2H3,(H,14,17)/i2D3. The van der Waals surface area contributed by atoms with Gasteiger partial charge in [-0.05, 0) is 22.0 Å². The molecule has 1 aromatic heterocycles. The van der Waals surface area contributed by atoms with Crippen molar-refractivity contribution in [3.63, 3.8) is 0 Å². The van der Waals surface area contributed by atoms with Crippen molar-refractivity contribution >= 4 is 21.6 Å². The van der Waals surface area contributed by atoms with E-state index in [1.807, 2.05) is 30.1 Å². The number of aromatic amines is 1. The van der Waals surface area contributed by atoms with Gasteiger partial charge in [-0.25, -0.2) is 0 Å². The highest BCUT2D eigenvalue weighted by Gasteiger charge is 2.26. The molecule has 0 atom stereocenters. The zero-order chi connectivity index (χ0) is 14.7. The molecule has 0 saturated heterocycles. The van der Waals surface area contributed by atoms with Crippen molar-refractivity contribution in [2.45, 2.75) is 6.54 Å². The highest BCUT2D eigenvalue weighted by Crippen LogP contribution is 2.41. The molecule has 2 aromatic rings. The summed E-state index contributed by atoms with van der Waals surface area (Å²) in [6, 6.07) is 5.54. The lowest BCUT2D eigenvalue weighted by Gasteiger charge is -2.28. The van der Waals surface area contributed by atoms with Crippen molar-refractivity contribution in [2.75, 3.05) is 11.9 Å². The first-order valence-corrected chi connectivity index (χ1v) is 5.94. The van der Waals surface area contributed by atoms with Crippen molar-refractivity contribution in [3.8, 4) is 11.3 Å². The fourth-order valence-electron chi connectivity index (χ4n) is 2.31. The van der Waals surface area contributed by atoms with Crippen LogP contribution in [0.5, 0.6) is 0 Å². The van der Waals surface area contributed by atoms with Crippen molar-refractivity contribution in [2.24, 2.45) is 6.98 Å². The molecule has 88 valence electrons. The van der Waals surface area contributed by atoms with E-state index in [4.69, 9.17) is 4.11 Å². The van der Waals surface area contributed by atoms with Gasteiger partial charge in [0, 0.05) is 28.2 Å². The van der Waals surface area contributed by atoms with Crippen LogP contribution in [0.15, 0.2) is 27.5 Å². The Labute approximate surface area is 111 Å². The average Bonchev–Trinajstić information content (AvgIpc) is 2.67. The van der Waals surface area contributed by atoms with E-state index < -0.39 is 6.98 Å². The van der Waals surface area contributed by atoms with E-state index in [9.17, 15) is 4.79 Å². The summed E-state index contributed by atoms with van der Waals surface area (Å²) in [5, 5.41) is 2.43. The summed E-state index contributed by atoms with van der Waals surface area (Å²) in [5.41, 5.74) is 2.20. The number of aromatic nitrogens is 2. The predicted molar refractivity (Wildman–Crippen MR) is 71.3 cm³/mol. The number of hydrogen-bond acceptors (Lipinski definition) is 2. The zero-order valence-corrected chi connectivity index (χ0v) is 10.7. The molecule has 3 rings (SSSR count). The Morgan fingerprint density at radius 3 is 3.12 bits per heavy atom. The molecule has 0 bridgehead atoms. The summed E-state index contributed by atoms with van der Waals surface area (Å²) in [5.74, 6) is 0. The van der Waals surface area contributed by atoms with Gasteiger partial charge in [-0.15, -0.1) is 0 Å². The van der Waals surface area contributed by atoms with Crippen LogP contribution in [0, 0.1) is 0 Å². The molecule has 2 heterocycles. The van der Waals surface area contributed by atoms with Crippen LogP contribution in [0.2, 0.25) is 0 Å². The normalized spacial score (nSPS) is 16.8. The van der Waals surface area contributed by atoms with Crippen LogP contribution in [0.3, 0.4) is 0 Å². The van der Waals surface area contributed by atoms with Crippen molar-refractivity contribution in [3.05, 3.63) is 38.6 Å². The number of para-hydroxylation sites is 1. The smallest absolute Gasteiger partial charge is 0.269 e. The Morgan fingerprint density at radius 2 is 2.35 bits per heavy atom. The Bertz CT molecular complexity index is 747. The second-order valence-corrected chi connectivity index (χ2v) is 4.95. The molecule has 0 aliphatic carbocycles. The summed E-state index contributed by atoms with van der Waals surface area (Å²) < 4.78 is 24.6. The van der Waals surface area contributed by atoms with E-state index in [1.165, 1.54) is 0 Å². The van der Waals surface area contributed by atoms with Crippen LogP contribution in [-0.2, 0) is 13.5 Å². The molecular weight excluding hydrogens is 282 g/mol. The molecule has 0 radical (unpaired) electrons. The molecule has 0 amide bonds. The predicted octanol–water partition coefficient (Wildman–Crippen LogP) is 2.09. The van der Waals surface area contributed by atoms with Gasteiger partial charge in [0.15, 0.2) is 0 Å². The molecular formula is C12H12BrN3O. The highest BCUT2D eigenvalue weighted by molar-refractivity contribution is 9.10. The summed E-state index contributed by atoms with van der Waals surface area (Å²) in [7, 11) is 1.87. The van der Waals surface area contributed by atoms with Gasteiger partial charge in [0.05, 0.1) is 23.5 Å². The first-order valence-electron chi connectivity index (χ1n) is 6.65. The number of aryl methyl sites for hydroxylation is 1. The number of rotatable bonds is 0. The second kappa shape index (κ2) is 3.50. The van der Waals surface area contributed by atoms with Gasteiger partial charge in [-0.3, -0.25) is 14.6 Å². The number of hydrogen-bond donors (Lipinski definition) is 1. The maximum atomic E-state index is 12.0. The Kier molecular flexibility index (Phi) is 1.60. The van der Waals surface area contributed by atoms with Gasteiger partial charge in [-0.2, -0.15) is 0 Å². The lowest BCUT2D eigenvalue weighted by Crippen LogP contribution is -2.25. The van der Waals surface area contributed by atoms with Crippen LogP contribution in [-0.4, -0.2) is 16.8 Å². The molecule has 5 heteroatoms. The molecule has 4 nitrogen and oxygen atoms in total. The minimum absolute atomic E-state index is 0.353. The SMILES string of the molecule is [2H]C([2H])([2H])n1[nH]c(=O)c2c1-c1cccc(Br)c1N(C)C2. The third-order valence-corrected chi connectivity index (χ3v) is 3.66. The Hall–Kier alpha value is -1.49. The van der Waals surface area contributed by atoms with Gasteiger partial charge in [0.2, 0.25) is 0 Å². The van der Waals surface area contributed by atoms with Crippen LogP contribution in [0.1, 0.15) is 9.68 Å². The monoisotopic (exact) mass is 296 g/mol. The van der Waals surface area contributed by atoms with Crippen molar-refractivity contribution in [1.29, 1.82) is 0 Å². The minimum atomic E-state index is -2.41. The molecule has 1 aliphatic rings. The molecule has 17 heavy (non-hydrogen) atoms. The third-order valence-electron chi connectivity index (χ3n) is 3.02. The number of H-pyrrole nitrogens is 1. The van der Waals surface area contributed by atoms with Gasteiger partial charge < -0.3 is 4.90 Å². The lowest BCUT2D eigenvalue weighted by atomic mass is 10.0. The molecule has 1 aliphatic heterocycles. The number of fused-ring (bicyclic) bond motifs is 3. The van der Waals surface area contributed by atoms with E-state index in [2.05, 4.69) is 21.0 Å². The summed E-state index contributed by atoms with van der Waals surface area (Å²) in [4.78, 5) is 13.9. The summed E-state index contributed by atoms with van der Waals surface area (Å²) in [6.45, 7) is -2.04. The highest BCUT2D eigenvalue weighted by atomic mass is 79.9. The Morgan fingerprint density at radius 1 is 1.53 bits per heavy atom. The van der Waals surface area contributed by atoms with E-state index in [0.29, 0.717) is 17.8 Å². The minimum Gasteiger partial charge on any atom is -0.369 e. The summed E-state index contributed by atoms with van der Waals surface area (Å²) >= 11 is 3.48. The van der Waals surface area contributed by atoms with Crippen molar-refractivity contribution < 1.29 is 4.11 Å². The molecule has 0 fully saturated rings. The first kappa shape index (κ1) is 7.76. The van der Waals surface area contributed by atoms with Gasteiger partial charge >= 0.3 is 0 Å². The van der Waals surface area contributed by atoms with Crippen LogP contribution >= 0.6 is 15.9 Å². The van der Waals surface area contributed by atoms with E-state index >= 15 is 0 Å². The molecule has 0 unspecified atom stereocenters. The van der Waals surface area contributed by atoms with Crippen LogP contribution < -0.4 is 10.5 Å². The molecule has 1 aromatic carbocycles. The van der Waals surface area contributed by atoms with E-state index in [0.717, 1.165) is 20.4 Å². The lowest BCUT2D eigenvalue weighted by molar-refractivity contribution is 0.762. The number of halogens is 1. The fourth-order valence-corrected chi connectivity index (χ4v) is 2.98. The van der Waals surface area contributed by atoms with E-state index in [-0.39, 0.29) is 5.56 Å². The zero-order valence-electron chi connectivity index (χ0n) is 12.1. The maximum absolute atomic E-state index is 12.0. The summed E-state index contributed by atoms with van der Waals surface area (Å²) in [6.07, 6.45) is 0. The van der Waals surface area contributed by atoms with Gasteiger partial charge in [-0.1, -0.05) is 12.1 Å². The van der Waals surface area contributed by atoms with Gasteiger partial charge in [0.1, 0.15) is 0 Å². The molecule has 0 saturated carbocycles. The maximum Gasteiger partial charge on any atom is 0.269 e. The van der Waals surface area contributed by atoms with E-state index in [1.54, 1.807) is 0 Å². The molecule has 1 N–H and O–H groups in total. The largest absolute Gasteiger partial charge is 0.369 e. The number of benzene rings is 1. The fraction of sp³-hybridized carbons (Fsp3) is 0.250. The van der Waals surface area contributed by atoms with Crippen molar-refractivity contribution in [1.82, 2.24) is 9.78 Å². The number of anilines is 1. The van der Waals surface area contributed by atoms with Gasteiger partial charge in [0.25, 0.3) is 5.56 Å². The topological polar surface area (TPSA) is 41.0 Å². The molecule has 0 spiro atoms. The second-order valence-electron chi connectivity index (χ2n) is 4.10. The Balaban J connectivity index is 2.39. The quantitative estimate of drug-likeness (QED) is 0.809. The third kappa shape index (κ3) is 1.38. The number of nitrogens with one attached hydrogen (secondary N) is 1. The van der Waals surface area contributed by atoms with Crippen LogP contribution in [0.25, 0.3) is 11.3 Å².